The highest BCUT2D eigenvalue weighted by Gasteiger charge is 2.16. The van der Waals surface area contributed by atoms with Crippen molar-refractivity contribution in [3.63, 3.8) is 0 Å². The molecule has 0 aliphatic carbocycles. The number of amides is 1. The maximum Gasteiger partial charge on any atom is 0.261 e. The summed E-state index contributed by atoms with van der Waals surface area (Å²) in [6, 6.07) is 9.73. The fraction of sp³-hybridized carbons (Fsp3) is 0.111. The minimum Gasteiger partial charge on any atom is -0.361 e. The lowest BCUT2D eigenvalue weighted by atomic mass is 10.2. The van der Waals surface area contributed by atoms with Crippen molar-refractivity contribution in [2.24, 2.45) is 0 Å². The van der Waals surface area contributed by atoms with Crippen molar-refractivity contribution in [1.82, 2.24) is 5.16 Å². The number of hydrogen-bond acceptors (Lipinski definition) is 5. The number of sulfonamides is 1. The number of anilines is 2. The van der Waals surface area contributed by atoms with Gasteiger partial charge in [-0.2, -0.15) is 0 Å². The molecule has 3 rings (SSSR count). The number of nitrogens with zero attached hydrogens (tertiary/aromatic N) is 1. The van der Waals surface area contributed by atoms with Crippen LogP contribution in [-0.2, 0) is 10.0 Å². The minimum atomic E-state index is -3.93. The standard InChI is InChI=1S/C18H16FN3O4S/c1-11-3-8-15(9-17(11)19)27(24,25)22-14-6-4-13(5-7-14)21-18(23)16-10-20-26-12(16)2/h3-10,22H,1-2H3,(H,21,23). The van der Waals surface area contributed by atoms with Gasteiger partial charge in [0, 0.05) is 11.4 Å². The van der Waals surface area contributed by atoms with E-state index in [0.29, 0.717) is 22.6 Å². The third kappa shape index (κ3) is 4.14. The summed E-state index contributed by atoms with van der Waals surface area (Å²) in [4.78, 5) is 11.9. The molecular formula is C18H16FN3O4S. The second-order valence-corrected chi connectivity index (χ2v) is 7.53. The highest BCUT2D eigenvalue weighted by molar-refractivity contribution is 7.92. The van der Waals surface area contributed by atoms with Gasteiger partial charge in [-0.05, 0) is 55.8 Å². The van der Waals surface area contributed by atoms with Gasteiger partial charge in [-0.1, -0.05) is 11.2 Å². The van der Waals surface area contributed by atoms with E-state index >= 15 is 0 Å². The fourth-order valence-corrected chi connectivity index (χ4v) is 3.36. The highest BCUT2D eigenvalue weighted by Crippen LogP contribution is 2.20. The van der Waals surface area contributed by atoms with Crippen LogP contribution in [0.3, 0.4) is 0 Å². The number of aromatic nitrogens is 1. The molecule has 140 valence electrons. The van der Waals surface area contributed by atoms with Crippen molar-refractivity contribution in [3.05, 3.63) is 71.4 Å². The third-order valence-electron chi connectivity index (χ3n) is 3.84. The molecule has 2 aromatic carbocycles. The summed E-state index contributed by atoms with van der Waals surface area (Å²) < 4.78 is 45.5. The Balaban J connectivity index is 1.72. The largest absolute Gasteiger partial charge is 0.361 e. The second kappa shape index (κ2) is 7.20. The quantitative estimate of drug-likeness (QED) is 0.696. The van der Waals surface area contributed by atoms with E-state index in [1.807, 2.05) is 0 Å². The van der Waals surface area contributed by atoms with E-state index in [1.165, 1.54) is 42.6 Å². The number of carbonyl (C=O) groups excluding carboxylic acids is 1. The molecule has 7 nitrogen and oxygen atoms in total. The Labute approximate surface area is 155 Å². The van der Waals surface area contributed by atoms with Gasteiger partial charge in [0.25, 0.3) is 15.9 Å². The van der Waals surface area contributed by atoms with Crippen LogP contribution in [0.4, 0.5) is 15.8 Å². The summed E-state index contributed by atoms with van der Waals surface area (Å²) in [6.45, 7) is 3.17. The van der Waals surface area contributed by atoms with Crippen LogP contribution in [-0.4, -0.2) is 19.5 Å². The zero-order valence-corrected chi connectivity index (χ0v) is 15.3. The van der Waals surface area contributed by atoms with Gasteiger partial charge in [-0.3, -0.25) is 9.52 Å². The molecule has 9 heteroatoms. The maximum absolute atomic E-state index is 13.6. The molecule has 1 heterocycles. The van der Waals surface area contributed by atoms with Crippen molar-refractivity contribution >= 4 is 27.3 Å². The van der Waals surface area contributed by atoms with Crippen LogP contribution in [0.25, 0.3) is 0 Å². The first-order chi connectivity index (χ1) is 12.8. The van der Waals surface area contributed by atoms with Crippen molar-refractivity contribution in [1.29, 1.82) is 0 Å². The van der Waals surface area contributed by atoms with Crippen molar-refractivity contribution < 1.29 is 22.1 Å². The Morgan fingerprint density at radius 1 is 1.07 bits per heavy atom. The van der Waals surface area contributed by atoms with Gasteiger partial charge in [0.15, 0.2) is 0 Å². The van der Waals surface area contributed by atoms with E-state index in [-0.39, 0.29) is 10.6 Å². The Bertz CT molecular complexity index is 1090. The molecule has 0 aliphatic rings. The van der Waals surface area contributed by atoms with Crippen LogP contribution in [0.15, 0.2) is 58.1 Å². The predicted octanol–water partition coefficient (Wildman–Crippen LogP) is 3.48. The Kier molecular flexibility index (Phi) is 4.95. The maximum atomic E-state index is 13.6. The number of rotatable bonds is 5. The zero-order chi connectivity index (χ0) is 19.6. The van der Waals surface area contributed by atoms with Crippen LogP contribution < -0.4 is 10.0 Å². The van der Waals surface area contributed by atoms with E-state index < -0.39 is 21.7 Å². The van der Waals surface area contributed by atoms with Crippen LogP contribution in [0.2, 0.25) is 0 Å². The van der Waals surface area contributed by atoms with Crippen molar-refractivity contribution in [2.75, 3.05) is 10.0 Å². The molecule has 0 unspecified atom stereocenters. The lowest BCUT2D eigenvalue weighted by Gasteiger charge is -2.10. The van der Waals surface area contributed by atoms with Crippen LogP contribution >= 0.6 is 0 Å². The summed E-state index contributed by atoms with van der Waals surface area (Å²) >= 11 is 0. The lowest BCUT2D eigenvalue weighted by molar-refractivity contribution is 0.102. The Morgan fingerprint density at radius 2 is 1.74 bits per heavy atom. The average molecular weight is 389 g/mol. The Hall–Kier alpha value is -3.20. The van der Waals surface area contributed by atoms with Gasteiger partial charge >= 0.3 is 0 Å². The average Bonchev–Trinajstić information content (AvgIpc) is 3.05. The molecule has 3 aromatic rings. The molecular weight excluding hydrogens is 373 g/mol. The predicted molar refractivity (Wildman–Crippen MR) is 97.6 cm³/mol. The summed E-state index contributed by atoms with van der Waals surface area (Å²) in [5.74, 6) is -0.598. The third-order valence-corrected chi connectivity index (χ3v) is 5.22. The number of carbonyl (C=O) groups is 1. The van der Waals surface area contributed by atoms with Crippen LogP contribution in [0.5, 0.6) is 0 Å². The van der Waals surface area contributed by atoms with Gasteiger partial charge in [-0.15, -0.1) is 0 Å². The summed E-state index contributed by atoms with van der Waals surface area (Å²) in [5, 5.41) is 6.19. The molecule has 1 amide bonds. The molecule has 0 radical (unpaired) electrons. The van der Waals surface area contributed by atoms with E-state index in [2.05, 4.69) is 15.2 Å². The van der Waals surface area contributed by atoms with Gasteiger partial charge in [0.2, 0.25) is 0 Å². The normalized spacial score (nSPS) is 11.2. The molecule has 0 fully saturated rings. The van der Waals surface area contributed by atoms with Crippen LogP contribution in [0.1, 0.15) is 21.7 Å². The first-order valence-electron chi connectivity index (χ1n) is 7.88. The molecule has 2 N–H and O–H groups in total. The van der Waals surface area contributed by atoms with Gasteiger partial charge < -0.3 is 9.84 Å². The fourth-order valence-electron chi connectivity index (χ4n) is 2.29. The van der Waals surface area contributed by atoms with Gasteiger partial charge in [0.1, 0.15) is 17.1 Å². The first kappa shape index (κ1) is 18.6. The van der Waals surface area contributed by atoms with E-state index in [0.717, 1.165) is 6.07 Å². The number of aryl methyl sites for hydroxylation is 2. The van der Waals surface area contributed by atoms with Gasteiger partial charge in [0.05, 0.1) is 11.1 Å². The molecule has 0 saturated carbocycles. The molecule has 0 aliphatic heterocycles. The summed E-state index contributed by atoms with van der Waals surface area (Å²) in [5.41, 5.74) is 1.40. The number of halogens is 1. The van der Waals surface area contributed by atoms with Crippen molar-refractivity contribution in [3.8, 4) is 0 Å². The number of hydrogen-bond donors (Lipinski definition) is 2. The highest BCUT2D eigenvalue weighted by atomic mass is 32.2. The monoisotopic (exact) mass is 389 g/mol. The zero-order valence-electron chi connectivity index (χ0n) is 14.5. The molecule has 0 spiro atoms. The first-order valence-corrected chi connectivity index (χ1v) is 9.36. The smallest absolute Gasteiger partial charge is 0.261 e. The summed E-state index contributed by atoms with van der Waals surface area (Å²) in [6.07, 6.45) is 1.31. The van der Waals surface area contributed by atoms with Crippen molar-refractivity contribution in [2.45, 2.75) is 18.7 Å². The molecule has 0 atom stereocenters. The van der Waals surface area contributed by atoms with E-state index in [9.17, 15) is 17.6 Å². The number of benzene rings is 2. The molecule has 0 saturated heterocycles. The second-order valence-electron chi connectivity index (χ2n) is 5.84. The topological polar surface area (TPSA) is 101 Å². The van der Waals surface area contributed by atoms with Gasteiger partial charge in [-0.25, -0.2) is 12.8 Å². The van der Waals surface area contributed by atoms with Crippen LogP contribution in [0, 0.1) is 19.7 Å². The summed E-state index contributed by atoms with van der Waals surface area (Å²) in [7, 11) is -3.93. The Morgan fingerprint density at radius 3 is 2.33 bits per heavy atom. The van der Waals surface area contributed by atoms with E-state index in [1.54, 1.807) is 13.8 Å². The molecule has 27 heavy (non-hydrogen) atoms. The SMILES string of the molecule is Cc1ccc(S(=O)(=O)Nc2ccc(NC(=O)c3cnoc3C)cc2)cc1F. The molecule has 1 aromatic heterocycles. The molecule has 0 bridgehead atoms. The van der Waals surface area contributed by atoms with E-state index in [4.69, 9.17) is 4.52 Å². The lowest BCUT2D eigenvalue weighted by Crippen LogP contribution is -2.14. The minimum absolute atomic E-state index is 0.175. The number of nitrogens with one attached hydrogen (secondary N) is 2.